The second-order valence-electron chi connectivity index (χ2n) is 8.72. The van der Waals surface area contributed by atoms with Gasteiger partial charge in [-0.05, 0) is 66.1 Å². The molecule has 0 aromatic heterocycles. The van der Waals surface area contributed by atoms with Gasteiger partial charge in [-0.2, -0.15) is 0 Å². The molecule has 2 heterocycles. The van der Waals surface area contributed by atoms with Gasteiger partial charge in [0, 0.05) is 23.2 Å². The number of anilines is 2. The topological polar surface area (TPSA) is 100 Å². The lowest BCUT2D eigenvalue weighted by Crippen LogP contribution is -2.26. The molecule has 0 spiro atoms. The fourth-order valence-corrected chi connectivity index (χ4v) is 5.13. The molecule has 0 aliphatic carbocycles. The Kier molecular flexibility index (Phi) is 7.02. The smallest absolute Gasteiger partial charge is 0.414 e. The summed E-state index contributed by atoms with van der Waals surface area (Å²) in [6, 6.07) is 18.9. The SMILES string of the molecule is COc1cc(O)cc(-c2cccc(CNCC[C@@H]3CN(c4ccc5c(c4)NC(=O)CS5)C(=O)O3)c2)c1. The average molecular weight is 506 g/mol. The lowest BCUT2D eigenvalue weighted by atomic mass is 10.0. The Morgan fingerprint density at radius 2 is 2.03 bits per heavy atom. The van der Waals surface area contributed by atoms with Crippen LogP contribution in [-0.2, 0) is 16.1 Å². The molecular formula is C27H27N3O5S. The molecule has 2 aliphatic rings. The van der Waals surface area contributed by atoms with Crippen molar-refractivity contribution in [2.75, 3.05) is 36.2 Å². The number of nitrogens with one attached hydrogen (secondary N) is 2. The summed E-state index contributed by atoms with van der Waals surface area (Å²) in [6.45, 7) is 1.82. The number of amides is 2. The van der Waals surface area contributed by atoms with Gasteiger partial charge in [-0.25, -0.2) is 4.79 Å². The molecule has 0 unspecified atom stereocenters. The summed E-state index contributed by atoms with van der Waals surface area (Å²) in [5.74, 6) is 1.13. The Morgan fingerprint density at radius 3 is 2.89 bits per heavy atom. The molecule has 3 N–H and O–H groups in total. The second-order valence-corrected chi connectivity index (χ2v) is 9.74. The van der Waals surface area contributed by atoms with Crippen LogP contribution >= 0.6 is 11.8 Å². The van der Waals surface area contributed by atoms with Crippen LogP contribution < -0.4 is 20.3 Å². The fraction of sp³-hybridized carbons (Fsp3) is 0.259. The van der Waals surface area contributed by atoms with Gasteiger partial charge >= 0.3 is 6.09 Å². The Morgan fingerprint density at radius 1 is 1.14 bits per heavy atom. The van der Waals surface area contributed by atoms with E-state index in [0.29, 0.717) is 37.6 Å². The van der Waals surface area contributed by atoms with Crippen LogP contribution in [0.25, 0.3) is 11.1 Å². The quantitative estimate of drug-likeness (QED) is 0.384. The lowest BCUT2D eigenvalue weighted by molar-refractivity contribution is -0.113. The maximum atomic E-state index is 12.5. The fourth-order valence-electron chi connectivity index (χ4n) is 4.35. The van der Waals surface area contributed by atoms with E-state index in [1.165, 1.54) is 11.8 Å². The number of thioether (sulfide) groups is 1. The first kappa shape index (κ1) is 24.0. The van der Waals surface area contributed by atoms with E-state index in [-0.39, 0.29) is 23.9 Å². The van der Waals surface area contributed by atoms with Crippen LogP contribution in [0.15, 0.2) is 65.6 Å². The minimum Gasteiger partial charge on any atom is -0.508 e. The van der Waals surface area contributed by atoms with E-state index < -0.39 is 0 Å². The average Bonchev–Trinajstić information content (AvgIpc) is 3.26. The van der Waals surface area contributed by atoms with Crippen molar-refractivity contribution in [3.63, 3.8) is 0 Å². The highest BCUT2D eigenvalue weighted by Gasteiger charge is 2.32. The first-order chi connectivity index (χ1) is 17.5. The summed E-state index contributed by atoms with van der Waals surface area (Å²) < 4.78 is 10.8. The predicted molar refractivity (Wildman–Crippen MR) is 140 cm³/mol. The minimum absolute atomic E-state index is 0.0372. The number of phenols is 1. The molecule has 186 valence electrons. The van der Waals surface area contributed by atoms with Gasteiger partial charge in [0.15, 0.2) is 0 Å². The third-order valence-corrected chi connectivity index (χ3v) is 7.21. The molecule has 1 atom stereocenters. The van der Waals surface area contributed by atoms with E-state index in [2.05, 4.69) is 16.7 Å². The molecule has 5 rings (SSSR count). The molecule has 0 saturated carbocycles. The van der Waals surface area contributed by atoms with Gasteiger partial charge in [0.2, 0.25) is 5.91 Å². The van der Waals surface area contributed by atoms with E-state index in [9.17, 15) is 14.7 Å². The number of carbonyl (C=O) groups excluding carboxylic acids is 2. The van der Waals surface area contributed by atoms with Crippen molar-refractivity contribution < 1.29 is 24.2 Å². The molecular weight excluding hydrogens is 478 g/mol. The first-order valence-electron chi connectivity index (χ1n) is 11.7. The van der Waals surface area contributed by atoms with Crippen LogP contribution in [0.5, 0.6) is 11.5 Å². The molecule has 1 fully saturated rings. The van der Waals surface area contributed by atoms with Crippen LogP contribution in [0.3, 0.4) is 0 Å². The molecule has 0 bridgehead atoms. The van der Waals surface area contributed by atoms with Crippen LogP contribution in [0.1, 0.15) is 12.0 Å². The summed E-state index contributed by atoms with van der Waals surface area (Å²) in [5.41, 5.74) is 4.43. The van der Waals surface area contributed by atoms with Crippen molar-refractivity contribution >= 4 is 35.1 Å². The number of benzene rings is 3. The highest BCUT2D eigenvalue weighted by Crippen LogP contribution is 2.35. The molecule has 3 aromatic carbocycles. The number of phenolic OH excluding ortho intramolecular Hbond substituents is 1. The molecule has 0 radical (unpaired) electrons. The van der Waals surface area contributed by atoms with Crippen molar-refractivity contribution in [3.8, 4) is 22.6 Å². The Hall–Kier alpha value is -3.69. The van der Waals surface area contributed by atoms with E-state index in [0.717, 1.165) is 33.0 Å². The van der Waals surface area contributed by atoms with Gasteiger partial charge < -0.3 is 25.2 Å². The van der Waals surface area contributed by atoms with Crippen molar-refractivity contribution in [3.05, 3.63) is 66.2 Å². The molecule has 8 nitrogen and oxygen atoms in total. The lowest BCUT2D eigenvalue weighted by Gasteiger charge is -2.20. The number of fused-ring (bicyclic) bond motifs is 1. The largest absolute Gasteiger partial charge is 0.508 e. The number of cyclic esters (lactones) is 1. The van der Waals surface area contributed by atoms with E-state index in [1.807, 2.05) is 42.5 Å². The molecule has 3 aromatic rings. The second kappa shape index (κ2) is 10.5. The van der Waals surface area contributed by atoms with Gasteiger partial charge in [0.05, 0.1) is 25.1 Å². The Labute approximate surface area is 213 Å². The van der Waals surface area contributed by atoms with Gasteiger partial charge in [-0.1, -0.05) is 18.2 Å². The van der Waals surface area contributed by atoms with Crippen LogP contribution in [0, 0.1) is 0 Å². The summed E-state index contributed by atoms with van der Waals surface area (Å²) in [5, 5.41) is 16.2. The Bertz CT molecular complexity index is 1300. The summed E-state index contributed by atoms with van der Waals surface area (Å²) in [7, 11) is 1.57. The molecule has 1 saturated heterocycles. The highest BCUT2D eigenvalue weighted by atomic mass is 32.2. The van der Waals surface area contributed by atoms with Crippen molar-refractivity contribution in [2.24, 2.45) is 0 Å². The monoisotopic (exact) mass is 505 g/mol. The predicted octanol–water partition coefficient (Wildman–Crippen LogP) is 4.62. The van der Waals surface area contributed by atoms with Gasteiger partial charge in [-0.3, -0.25) is 9.69 Å². The van der Waals surface area contributed by atoms with Crippen LogP contribution in [-0.4, -0.2) is 49.2 Å². The summed E-state index contributed by atoms with van der Waals surface area (Å²) in [6.07, 6.45) is 0.100. The summed E-state index contributed by atoms with van der Waals surface area (Å²) in [4.78, 5) is 26.8. The van der Waals surface area contributed by atoms with Crippen molar-refractivity contribution in [2.45, 2.75) is 24.0 Å². The van der Waals surface area contributed by atoms with Crippen LogP contribution in [0.2, 0.25) is 0 Å². The zero-order valence-corrected chi connectivity index (χ0v) is 20.6. The molecule has 36 heavy (non-hydrogen) atoms. The van der Waals surface area contributed by atoms with Gasteiger partial charge in [0.25, 0.3) is 0 Å². The van der Waals surface area contributed by atoms with Crippen molar-refractivity contribution in [1.82, 2.24) is 5.32 Å². The zero-order chi connectivity index (χ0) is 25.1. The molecule has 9 heteroatoms. The summed E-state index contributed by atoms with van der Waals surface area (Å²) >= 11 is 1.49. The van der Waals surface area contributed by atoms with E-state index in [1.54, 1.807) is 24.1 Å². The number of aromatic hydroxyl groups is 1. The van der Waals surface area contributed by atoms with Gasteiger partial charge in [0.1, 0.15) is 17.6 Å². The standard InChI is InChI=1S/C27H27N3O5S/c1-34-23-11-19(10-21(31)13-23)18-4-2-3-17(9-18)14-28-8-7-22-15-30(27(33)35-22)20-5-6-25-24(12-20)29-26(32)16-36-25/h2-6,9-13,22,28,31H,7-8,14-16H2,1H3,(H,29,32)/t22-/m1/s1. The van der Waals surface area contributed by atoms with Gasteiger partial charge in [-0.15, -0.1) is 11.8 Å². The van der Waals surface area contributed by atoms with E-state index >= 15 is 0 Å². The highest BCUT2D eigenvalue weighted by molar-refractivity contribution is 8.00. The Balaban J connectivity index is 1.14. The zero-order valence-electron chi connectivity index (χ0n) is 19.8. The van der Waals surface area contributed by atoms with Crippen LogP contribution in [0.4, 0.5) is 16.2 Å². The maximum absolute atomic E-state index is 12.5. The third-order valence-electron chi connectivity index (χ3n) is 6.14. The third kappa shape index (κ3) is 5.42. The minimum atomic E-state index is -0.371. The number of hydrogen-bond acceptors (Lipinski definition) is 7. The number of methoxy groups -OCH3 is 1. The number of ether oxygens (including phenoxy) is 2. The first-order valence-corrected chi connectivity index (χ1v) is 12.7. The van der Waals surface area contributed by atoms with E-state index in [4.69, 9.17) is 9.47 Å². The number of rotatable bonds is 8. The number of nitrogens with zero attached hydrogens (tertiary/aromatic N) is 1. The number of hydrogen-bond donors (Lipinski definition) is 3. The molecule has 2 aliphatic heterocycles. The number of carbonyl (C=O) groups is 2. The van der Waals surface area contributed by atoms with Crippen molar-refractivity contribution in [1.29, 1.82) is 0 Å². The normalized spacial score (nSPS) is 16.9. The maximum Gasteiger partial charge on any atom is 0.414 e. The molecule has 2 amide bonds.